The smallest absolute Gasteiger partial charge is 0.0498 e. The lowest BCUT2D eigenvalue weighted by Gasteiger charge is -2.04. The maximum Gasteiger partial charge on any atom is 0.0498 e. The fourth-order valence-corrected chi connectivity index (χ4v) is 2.56. The van der Waals surface area contributed by atoms with Crippen molar-refractivity contribution in [2.75, 3.05) is 7.05 Å². The van der Waals surface area contributed by atoms with Gasteiger partial charge >= 0.3 is 0 Å². The van der Waals surface area contributed by atoms with Crippen molar-refractivity contribution in [2.24, 2.45) is 0 Å². The number of nitrogens with one attached hydrogen (secondary N) is 1. The molecule has 0 saturated carbocycles. The van der Waals surface area contributed by atoms with E-state index in [-0.39, 0.29) is 0 Å². The summed E-state index contributed by atoms with van der Waals surface area (Å²) in [6.07, 6.45) is 6.02. The number of aryl methyl sites for hydroxylation is 1. The summed E-state index contributed by atoms with van der Waals surface area (Å²) in [7, 11) is 1.98. The van der Waals surface area contributed by atoms with Crippen LogP contribution >= 0.6 is 11.6 Å². The van der Waals surface area contributed by atoms with Gasteiger partial charge in [0.05, 0.1) is 0 Å². The van der Waals surface area contributed by atoms with Crippen LogP contribution in [0.25, 0.3) is 10.9 Å². The summed E-state index contributed by atoms with van der Waals surface area (Å²) in [5.74, 6) is 0. The first-order chi connectivity index (χ1) is 8.76. The van der Waals surface area contributed by atoms with Gasteiger partial charge in [-0.2, -0.15) is 0 Å². The third kappa shape index (κ3) is 2.88. The molecular formula is C15H21ClN2. The van der Waals surface area contributed by atoms with Crippen molar-refractivity contribution in [3.63, 3.8) is 0 Å². The molecule has 1 aromatic carbocycles. The minimum Gasteiger partial charge on any atom is -0.347 e. The van der Waals surface area contributed by atoms with E-state index in [1.807, 2.05) is 13.1 Å². The van der Waals surface area contributed by atoms with Crippen molar-refractivity contribution < 1.29 is 0 Å². The minimum atomic E-state index is 0.813. The van der Waals surface area contributed by atoms with Crippen molar-refractivity contribution in [3.05, 3.63) is 35.0 Å². The number of halogens is 1. The number of nitrogens with zero attached hydrogens (tertiary/aromatic N) is 1. The van der Waals surface area contributed by atoms with E-state index < -0.39 is 0 Å². The molecular weight excluding hydrogens is 244 g/mol. The molecule has 18 heavy (non-hydrogen) atoms. The Morgan fingerprint density at radius 3 is 2.83 bits per heavy atom. The summed E-state index contributed by atoms with van der Waals surface area (Å²) in [5, 5.41) is 5.35. The van der Waals surface area contributed by atoms with Gasteiger partial charge in [-0.1, -0.05) is 37.4 Å². The second-order valence-electron chi connectivity index (χ2n) is 4.75. The Morgan fingerprint density at radius 2 is 2.11 bits per heavy atom. The molecule has 1 heterocycles. The van der Waals surface area contributed by atoms with Gasteiger partial charge in [0, 0.05) is 35.2 Å². The van der Waals surface area contributed by atoms with E-state index in [4.69, 9.17) is 11.6 Å². The number of aromatic nitrogens is 1. The Bertz CT molecular complexity index is 516. The van der Waals surface area contributed by atoms with Gasteiger partial charge in [-0.15, -0.1) is 0 Å². The molecule has 0 aliphatic rings. The van der Waals surface area contributed by atoms with Crippen LogP contribution in [0.4, 0.5) is 0 Å². The van der Waals surface area contributed by atoms with E-state index in [1.54, 1.807) is 0 Å². The van der Waals surface area contributed by atoms with Gasteiger partial charge < -0.3 is 9.88 Å². The topological polar surface area (TPSA) is 17.0 Å². The van der Waals surface area contributed by atoms with Crippen LogP contribution in [0, 0.1) is 0 Å². The van der Waals surface area contributed by atoms with Crippen molar-refractivity contribution in [1.29, 1.82) is 0 Å². The molecule has 2 aromatic rings. The first-order valence-corrected chi connectivity index (χ1v) is 7.06. The van der Waals surface area contributed by atoms with Crippen LogP contribution in [0.2, 0.25) is 5.02 Å². The molecule has 3 heteroatoms. The van der Waals surface area contributed by atoms with Crippen LogP contribution in [-0.2, 0) is 13.1 Å². The fraction of sp³-hybridized carbons (Fsp3) is 0.467. The zero-order chi connectivity index (χ0) is 13.0. The van der Waals surface area contributed by atoms with E-state index in [0.717, 1.165) is 18.1 Å². The van der Waals surface area contributed by atoms with Crippen molar-refractivity contribution in [2.45, 2.75) is 39.3 Å². The molecule has 1 N–H and O–H groups in total. The van der Waals surface area contributed by atoms with E-state index in [9.17, 15) is 0 Å². The van der Waals surface area contributed by atoms with Crippen molar-refractivity contribution in [1.82, 2.24) is 9.88 Å². The van der Waals surface area contributed by atoms with Crippen LogP contribution in [0.15, 0.2) is 24.4 Å². The van der Waals surface area contributed by atoms with E-state index in [0.29, 0.717) is 0 Å². The number of hydrogen-bond acceptors (Lipinski definition) is 1. The average Bonchev–Trinajstić information content (AvgIpc) is 2.68. The third-order valence-corrected chi connectivity index (χ3v) is 3.53. The first-order valence-electron chi connectivity index (χ1n) is 6.68. The van der Waals surface area contributed by atoms with Crippen molar-refractivity contribution in [3.8, 4) is 0 Å². The SMILES string of the molecule is CCCCCn1cc(CNC)c2ccc(Cl)cc21. The molecule has 0 fully saturated rings. The molecule has 1 aromatic heterocycles. The summed E-state index contributed by atoms with van der Waals surface area (Å²) < 4.78 is 2.34. The summed E-state index contributed by atoms with van der Waals surface area (Å²) in [4.78, 5) is 0. The summed E-state index contributed by atoms with van der Waals surface area (Å²) in [5.41, 5.74) is 2.60. The predicted octanol–water partition coefficient (Wildman–Crippen LogP) is 4.20. The maximum atomic E-state index is 6.11. The number of rotatable bonds is 6. The lowest BCUT2D eigenvalue weighted by atomic mass is 10.2. The van der Waals surface area contributed by atoms with Gasteiger partial charge in [-0.3, -0.25) is 0 Å². The summed E-state index contributed by atoms with van der Waals surface area (Å²) >= 11 is 6.11. The Kier molecular flexibility index (Phi) is 4.67. The van der Waals surface area contributed by atoms with Gasteiger partial charge in [0.25, 0.3) is 0 Å². The predicted molar refractivity (Wildman–Crippen MR) is 79.2 cm³/mol. The minimum absolute atomic E-state index is 0.813. The Morgan fingerprint density at radius 1 is 1.28 bits per heavy atom. The van der Waals surface area contributed by atoms with E-state index in [1.165, 1.54) is 35.7 Å². The largest absolute Gasteiger partial charge is 0.347 e. The molecule has 0 spiro atoms. The number of benzene rings is 1. The second-order valence-corrected chi connectivity index (χ2v) is 5.18. The first kappa shape index (κ1) is 13.4. The van der Waals surface area contributed by atoms with Gasteiger partial charge in [0.1, 0.15) is 0 Å². The van der Waals surface area contributed by atoms with Crippen LogP contribution in [0.3, 0.4) is 0 Å². The maximum absolute atomic E-state index is 6.11. The highest BCUT2D eigenvalue weighted by molar-refractivity contribution is 6.31. The fourth-order valence-electron chi connectivity index (χ4n) is 2.39. The zero-order valence-corrected chi connectivity index (χ0v) is 11.9. The quantitative estimate of drug-likeness (QED) is 0.774. The molecule has 0 radical (unpaired) electrons. The Labute approximate surface area is 114 Å². The highest BCUT2D eigenvalue weighted by Gasteiger charge is 2.08. The molecule has 2 rings (SSSR count). The van der Waals surface area contributed by atoms with Crippen molar-refractivity contribution >= 4 is 22.5 Å². The van der Waals surface area contributed by atoms with Gasteiger partial charge in [-0.25, -0.2) is 0 Å². The van der Waals surface area contributed by atoms with E-state index >= 15 is 0 Å². The average molecular weight is 265 g/mol. The number of fused-ring (bicyclic) bond motifs is 1. The molecule has 98 valence electrons. The zero-order valence-electron chi connectivity index (χ0n) is 11.2. The molecule has 0 bridgehead atoms. The Hall–Kier alpha value is -0.990. The normalized spacial score (nSPS) is 11.3. The van der Waals surface area contributed by atoms with Gasteiger partial charge in [-0.05, 0) is 31.2 Å². The highest BCUT2D eigenvalue weighted by atomic mass is 35.5. The molecule has 0 atom stereocenters. The molecule has 0 amide bonds. The highest BCUT2D eigenvalue weighted by Crippen LogP contribution is 2.25. The van der Waals surface area contributed by atoms with Crippen LogP contribution in [-0.4, -0.2) is 11.6 Å². The molecule has 0 unspecified atom stereocenters. The van der Waals surface area contributed by atoms with E-state index in [2.05, 4.69) is 35.1 Å². The lowest BCUT2D eigenvalue weighted by molar-refractivity contribution is 0.614. The van der Waals surface area contributed by atoms with Gasteiger partial charge in [0.2, 0.25) is 0 Å². The summed E-state index contributed by atoms with van der Waals surface area (Å²) in [6, 6.07) is 6.17. The lowest BCUT2D eigenvalue weighted by Crippen LogP contribution is -2.04. The summed E-state index contributed by atoms with van der Waals surface area (Å²) in [6.45, 7) is 4.21. The third-order valence-electron chi connectivity index (χ3n) is 3.30. The van der Waals surface area contributed by atoms with Crippen LogP contribution in [0.1, 0.15) is 31.7 Å². The molecule has 2 nitrogen and oxygen atoms in total. The second kappa shape index (κ2) is 6.26. The molecule has 0 aliphatic carbocycles. The number of unbranched alkanes of at least 4 members (excludes halogenated alkanes) is 2. The van der Waals surface area contributed by atoms with Crippen LogP contribution in [0.5, 0.6) is 0 Å². The molecule has 0 saturated heterocycles. The van der Waals surface area contributed by atoms with Gasteiger partial charge in [0.15, 0.2) is 0 Å². The van der Waals surface area contributed by atoms with Crippen LogP contribution < -0.4 is 5.32 Å². The monoisotopic (exact) mass is 264 g/mol. The number of hydrogen-bond donors (Lipinski definition) is 1. The standard InChI is InChI=1S/C15H21ClN2/c1-3-4-5-8-18-11-12(10-17-2)14-7-6-13(16)9-15(14)18/h6-7,9,11,17H,3-5,8,10H2,1-2H3. The molecule has 0 aliphatic heterocycles. The Balaban J connectivity index is 2.35.